The Kier molecular flexibility index (Phi) is 5.37. The van der Waals surface area contributed by atoms with Gasteiger partial charge in [-0.05, 0) is 31.4 Å². The number of unbranched alkanes of at least 4 members (excludes halogenated alkanes) is 2. The van der Waals surface area contributed by atoms with E-state index in [4.69, 9.17) is 10.4 Å². The molecule has 0 spiro atoms. The second-order valence-electron chi connectivity index (χ2n) is 3.61. The van der Waals surface area contributed by atoms with E-state index in [2.05, 4.69) is 5.32 Å². The first-order valence-electron chi connectivity index (χ1n) is 5.43. The fraction of sp³-hybridized carbons (Fsp3) is 0.417. The maximum atomic E-state index is 13.4. The van der Waals surface area contributed by atoms with Crippen LogP contribution in [0.2, 0.25) is 0 Å². The Balaban J connectivity index is 2.55. The van der Waals surface area contributed by atoms with Crippen molar-refractivity contribution in [2.75, 3.05) is 18.5 Å². The lowest BCUT2D eigenvalue weighted by molar-refractivity contribution is 0.283. The minimum absolute atomic E-state index is 0.0606. The zero-order chi connectivity index (χ0) is 12.7. The highest BCUT2D eigenvalue weighted by Gasteiger charge is 2.12. The predicted molar refractivity (Wildman–Crippen MR) is 60.5 cm³/mol. The zero-order valence-electron chi connectivity index (χ0n) is 9.34. The molecule has 0 saturated carbocycles. The van der Waals surface area contributed by atoms with E-state index in [-0.39, 0.29) is 17.9 Å². The molecular weight excluding hydrogens is 226 g/mol. The summed E-state index contributed by atoms with van der Waals surface area (Å²) in [6.45, 7) is 0.641. The summed E-state index contributed by atoms with van der Waals surface area (Å²) in [6, 6.07) is 4.17. The van der Waals surface area contributed by atoms with Gasteiger partial charge in [0.1, 0.15) is 6.07 Å². The molecule has 0 amide bonds. The van der Waals surface area contributed by atoms with E-state index in [0.29, 0.717) is 13.0 Å². The zero-order valence-corrected chi connectivity index (χ0v) is 9.34. The summed E-state index contributed by atoms with van der Waals surface area (Å²) >= 11 is 0. The lowest BCUT2D eigenvalue weighted by atomic mass is 10.2. The average Bonchev–Trinajstić information content (AvgIpc) is 2.34. The molecule has 0 aromatic heterocycles. The Labute approximate surface area is 98.7 Å². The number of aliphatic hydroxyl groups is 1. The summed E-state index contributed by atoms with van der Waals surface area (Å²) < 4.78 is 26.6. The lowest BCUT2D eigenvalue weighted by Gasteiger charge is -2.08. The second-order valence-corrected chi connectivity index (χ2v) is 3.61. The molecule has 92 valence electrons. The molecule has 0 aliphatic carbocycles. The van der Waals surface area contributed by atoms with Crippen molar-refractivity contribution in [2.24, 2.45) is 0 Å². The summed E-state index contributed by atoms with van der Waals surface area (Å²) in [5.74, 6) is -2.14. The number of halogens is 2. The lowest BCUT2D eigenvalue weighted by Crippen LogP contribution is -2.05. The Morgan fingerprint density at radius 3 is 2.59 bits per heavy atom. The number of rotatable bonds is 6. The number of nitriles is 1. The number of benzene rings is 1. The Bertz CT molecular complexity index is 416. The van der Waals surface area contributed by atoms with Gasteiger partial charge < -0.3 is 10.4 Å². The molecule has 2 N–H and O–H groups in total. The van der Waals surface area contributed by atoms with Gasteiger partial charge in [-0.3, -0.25) is 0 Å². The van der Waals surface area contributed by atoms with E-state index in [0.717, 1.165) is 12.8 Å². The minimum atomic E-state index is -1.12. The van der Waals surface area contributed by atoms with Gasteiger partial charge in [0.15, 0.2) is 11.6 Å². The van der Waals surface area contributed by atoms with Crippen LogP contribution in [-0.2, 0) is 0 Å². The Morgan fingerprint density at radius 2 is 1.94 bits per heavy atom. The summed E-state index contributed by atoms with van der Waals surface area (Å²) in [4.78, 5) is 0. The highest BCUT2D eigenvalue weighted by atomic mass is 19.2. The molecule has 1 aromatic carbocycles. The highest BCUT2D eigenvalue weighted by Crippen LogP contribution is 2.20. The van der Waals surface area contributed by atoms with Gasteiger partial charge in [0.2, 0.25) is 0 Å². The summed E-state index contributed by atoms with van der Waals surface area (Å²) in [5, 5.41) is 19.8. The maximum Gasteiger partial charge on any atom is 0.183 e. The van der Waals surface area contributed by atoms with Gasteiger partial charge in [-0.1, -0.05) is 0 Å². The monoisotopic (exact) mass is 240 g/mol. The summed E-state index contributed by atoms with van der Waals surface area (Å²) in [7, 11) is 0. The van der Waals surface area contributed by atoms with Gasteiger partial charge in [0.05, 0.1) is 11.3 Å². The van der Waals surface area contributed by atoms with E-state index in [1.165, 1.54) is 12.1 Å². The first-order valence-corrected chi connectivity index (χ1v) is 5.43. The fourth-order valence-corrected chi connectivity index (χ4v) is 1.41. The van der Waals surface area contributed by atoms with Crippen LogP contribution in [0.4, 0.5) is 14.5 Å². The molecule has 1 rings (SSSR count). The minimum Gasteiger partial charge on any atom is -0.396 e. The predicted octanol–water partition coefficient (Wildman–Crippen LogP) is 2.41. The van der Waals surface area contributed by atoms with Crippen LogP contribution in [0.5, 0.6) is 0 Å². The van der Waals surface area contributed by atoms with Crippen molar-refractivity contribution in [1.29, 1.82) is 5.26 Å². The van der Waals surface area contributed by atoms with Crippen molar-refractivity contribution < 1.29 is 13.9 Å². The number of hydrogen-bond donors (Lipinski definition) is 2. The van der Waals surface area contributed by atoms with Crippen LogP contribution in [0.1, 0.15) is 24.8 Å². The van der Waals surface area contributed by atoms with Crippen LogP contribution in [0.25, 0.3) is 0 Å². The largest absolute Gasteiger partial charge is 0.396 e. The molecule has 3 nitrogen and oxygen atoms in total. The van der Waals surface area contributed by atoms with E-state index < -0.39 is 11.6 Å². The summed E-state index contributed by atoms with van der Waals surface area (Å²) in [6.07, 6.45) is 2.29. The summed E-state index contributed by atoms with van der Waals surface area (Å²) in [5.41, 5.74) is -0.237. The first-order chi connectivity index (χ1) is 8.20. The molecule has 5 heteroatoms. The number of hydrogen-bond acceptors (Lipinski definition) is 3. The van der Waals surface area contributed by atoms with E-state index in [1.54, 1.807) is 6.07 Å². The van der Waals surface area contributed by atoms with Crippen LogP contribution in [0, 0.1) is 23.0 Å². The molecule has 0 saturated heterocycles. The van der Waals surface area contributed by atoms with Gasteiger partial charge in [-0.25, -0.2) is 8.78 Å². The van der Waals surface area contributed by atoms with Crippen LogP contribution in [-0.4, -0.2) is 18.3 Å². The molecule has 0 aliphatic heterocycles. The Morgan fingerprint density at radius 1 is 1.18 bits per heavy atom. The molecule has 0 fully saturated rings. The third-order valence-electron chi connectivity index (χ3n) is 2.35. The van der Waals surface area contributed by atoms with Gasteiger partial charge in [0, 0.05) is 13.2 Å². The van der Waals surface area contributed by atoms with Crippen LogP contribution >= 0.6 is 0 Å². The topological polar surface area (TPSA) is 56.0 Å². The normalized spacial score (nSPS) is 10.0. The van der Waals surface area contributed by atoms with E-state index >= 15 is 0 Å². The quantitative estimate of drug-likeness (QED) is 0.751. The molecular formula is C12H14F2N2O. The molecule has 0 heterocycles. The molecule has 0 aliphatic rings. The molecule has 17 heavy (non-hydrogen) atoms. The van der Waals surface area contributed by atoms with E-state index in [1.807, 2.05) is 0 Å². The van der Waals surface area contributed by atoms with Crippen molar-refractivity contribution in [3.05, 3.63) is 29.3 Å². The second kappa shape index (κ2) is 6.81. The van der Waals surface area contributed by atoms with Crippen LogP contribution < -0.4 is 5.32 Å². The highest BCUT2D eigenvalue weighted by molar-refractivity contribution is 5.49. The van der Waals surface area contributed by atoms with Crippen molar-refractivity contribution >= 4 is 5.69 Å². The van der Waals surface area contributed by atoms with Crippen molar-refractivity contribution in [1.82, 2.24) is 0 Å². The molecule has 0 unspecified atom stereocenters. The third-order valence-corrected chi connectivity index (χ3v) is 2.35. The number of aliphatic hydroxyl groups excluding tert-OH is 1. The smallest absolute Gasteiger partial charge is 0.183 e. The van der Waals surface area contributed by atoms with Crippen LogP contribution in [0.15, 0.2) is 12.1 Å². The fourth-order valence-electron chi connectivity index (χ4n) is 1.41. The van der Waals surface area contributed by atoms with Crippen molar-refractivity contribution in [3.63, 3.8) is 0 Å². The molecule has 0 bridgehead atoms. The van der Waals surface area contributed by atoms with Gasteiger partial charge in [-0.15, -0.1) is 0 Å². The van der Waals surface area contributed by atoms with E-state index in [9.17, 15) is 8.78 Å². The maximum absolute atomic E-state index is 13.4. The van der Waals surface area contributed by atoms with Crippen molar-refractivity contribution in [3.8, 4) is 6.07 Å². The van der Waals surface area contributed by atoms with Gasteiger partial charge in [-0.2, -0.15) is 5.26 Å². The molecule has 1 aromatic rings. The molecule has 0 atom stereocenters. The standard InChI is InChI=1S/C12H14F2N2O/c13-11-9(8-15)4-5-10(12(11)14)16-6-2-1-3-7-17/h4-5,16-17H,1-3,6-7H2. The van der Waals surface area contributed by atoms with Gasteiger partial charge in [0.25, 0.3) is 0 Å². The Hall–Kier alpha value is -1.67. The SMILES string of the molecule is N#Cc1ccc(NCCCCCO)c(F)c1F. The van der Waals surface area contributed by atoms with Crippen molar-refractivity contribution in [2.45, 2.75) is 19.3 Å². The van der Waals surface area contributed by atoms with Gasteiger partial charge >= 0.3 is 0 Å². The number of anilines is 1. The van der Waals surface area contributed by atoms with Crippen LogP contribution in [0.3, 0.4) is 0 Å². The number of nitrogens with zero attached hydrogens (tertiary/aromatic N) is 1. The third kappa shape index (κ3) is 3.68. The molecule has 0 radical (unpaired) electrons. The number of nitrogens with one attached hydrogen (secondary N) is 1. The first kappa shape index (κ1) is 13.4. The average molecular weight is 240 g/mol.